The maximum atomic E-state index is 10.7. The van der Waals surface area contributed by atoms with Crippen LogP contribution in [0.3, 0.4) is 0 Å². The normalized spacial score (nSPS) is 10.7. The van der Waals surface area contributed by atoms with Gasteiger partial charge in [-0.15, -0.1) is 0 Å². The number of aliphatic hydroxyl groups excluding tert-OH is 1. The van der Waals surface area contributed by atoms with Crippen LogP contribution in [0.15, 0.2) is 30.3 Å². The van der Waals surface area contributed by atoms with Gasteiger partial charge in [0.2, 0.25) is 0 Å². The van der Waals surface area contributed by atoms with E-state index in [2.05, 4.69) is 0 Å². The van der Waals surface area contributed by atoms with E-state index in [9.17, 15) is 9.90 Å². The Labute approximate surface area is 81.9 Å². The summed E-state index contributed by atoms with van der Waals surface area (Å²) in [5.74, 6) is -0.348. The van der Waals surface area contributed by atoms with E-state index in [0.717, 1.165) is 6.08 Å². The average molecular weight is 187 g/mol. The second kappa shape index (κ2) is 4.24. The van der Waals surface area contributed by atoms with Crippen molar-refractivity contribution in [3.05, 3.63) is 41.5 Å². The summed E-state index contributed by atoms with van der Waals surface area (Å²) in [7, 11) is 0. The molecule has 0 aliphatic heterocycles. The average Bonchev–Trinajstić information content (AvgIpc) is 2.17. The second-order valence-corrected chi connectivity index (χ2v) is 2.83. The summed E-state index contributed by atoms with van der Waals surface area (Å²) in [4.78, 5) is 10.7. The first-order valence-electron chi connectivity index (χ1n) is 4.05. The number of nitriles is 1. The van der Waals surface area contributed by atoms with Gasteiger partial charge in [-0.3, -0.25) is 4.79 Å². The Morgan fingerprint density at radius 1 is 1.57 bits per heavy atom. The topological polar surface area (TPSA) is 61.1 Å². The molecular weight excluding hydrogens is 178 g/mol. The molecule has 0 fully saturated rings. The van der Waals surface area contributed by atoms with Crippen molar-refractivity contribution >= 4 is 11.5 Å². The second-order valence-electron chi connectivity index (χ2n) is 2.83. The maximum absolute atomic E-state index is 10.7. The van der Waals surface area contributed by atoms with E-state index < -0.39 is 0 Å². The van der Waals surface area contributed by atoms with Gasteiger partial charge in [-0.2, -0.15) is 5.26 Å². The van der Waals surface area contributed by atoms with Crippen molar-refractivity contribution in [3.63, 3.8) is 0 Å². The minimum Gasteiger partial charge on any atom is -0.507 e. The first kappa shape index (κ1) is 10.0. The predicted molar refractivity (Wildman–Crippen MR) is 52.4 cm³/mol. The van der Waals surface area contributed by atoms with Gasteiger partial charge in [-0.05, 0) is 19.1 Å². The van der Waals surface area contributed by atoms with Crippen molar-refractivity contribution in [1.82, 2.24) is 0 Å². The SMILES string of the molecule is CC(=O)C=C(O)c1cccc(C#N)c1. The quantitative estimate of drug-likeness (QED) is 0.569. The highest BCUT2D eigenvalue weighted by atomic mass is 16.3. The van der Waals surface area contributed by atoms with Crippen LogP contribution < -0.4 is 0 Å². The molecule has 1 aromatic rings. The third-order valence-corrected chi connectivity index (χ3v) is 1.63. The zero-order valence-electron chi connectivity index (χ0n) is 7.69. The van der Waals surface area contributed by atoms with Crippen LogP contribution in [0, 0.1) is 11.3 Å². The molecule has 3 heteroatoms. The summed E-state index contributed by atoms with van der Waals surface area (Å²) in [6, 6.07) is 8.39. The molecule has 0 aromatic heterocycles. The van der Waals surface area contributed by atoms with Crippen molar-refractivity contribution in [2.75, 3.05) is 0 Å². The number of nitrogens with zero attached hydrogens (tertiary/aromatic N) is 1. The van der Waals surface area contributed by atoms with Crippen molar-refractivity contribution in [1.29, 1.82) is 5.26 Å². The lowest BCUT2D eigenvalue weighted by atomic mass is 10.1. The van der Waals surface area contributed by atoms with Crippen molar-refractivity contribution in [3.8, 4) is 6.07 Å². The Balaban J connectivity index is 3.09. The van der Waals surface area contributed by atoms with E-state index in [0.29, 0.717) is 11.1 Å². The summed E-state index contributed by atoms with van der Waals surface area (Å²) in [6.07, 6.45) is 1.12. The highest BCUT2D eigenvalue weighted by molar-refractivity contribution is 5.93. The van der Waals surface area contributed by atoms with Crippen molar-refractivity contribution < 1.29 is 9.90 Å². The van der Waals surface area contributed by atoms with Crippen LogP contribution in [0.2, 0.25) is 0 Å². The highest BCUT2D eigenvalue weighted by Gasteiger charge is 2.00. The number of benzene rings is 1. The molecule has 3 nitrogen and oxygen atoms in total. The molecule has 70 valence electrons. The molecule has 0 unspecified atom stereocenters. The number of hydrogen-bond acceptors (Lipinski definition) is 3. The summed E-state index contributed by atoms with van der Waals surface area (Å²) in [5.41, 5.74) is 0.922. The lowest BCUT2D eigenvalue weighted by Gasteiger charge is -1.98. The molecule has 0 saturated carbocycles. The lowest BCUT2D eigenvalue weighted by molar-refractivity contribution is -0.112. The van der Waals surface area contributed by atoms with Crippen LogP contribution in [-0.2, 0) is 4.79 Å². The monoisotopic (exact) mass is 187 g/mol. The smallest absolute Gasteiger partial charge is 0.156 e. The minimum absolute atomic E-state index is 0.116. The van der Waals surface area contributed by atoms with Crippen LogP contribution in [0.4, 0.5) is 0 Å². The number of carbonyl (C=O) groups excluding carboxylic acids is 1. The van der Waals surface area contributed by atoms with Gasteiger partial charge in [0.25, 0.3) is 0 Å². The summed E-state index contributed by atoms with van der Waals surface area (Å²) < 4.78 is 0. The fraction of sp³-hybridized carbons (Fsp3) is 0.0909. The van der Waals surface area contributed by atoms with E-state index >= 15 is 0 Å². The van der Waals surface area contributed by atoms with Crippen molar-refractivity contribution in [2.24, 2.45) is 0 Å². The molecule has 14 heavy (non-hydrogen) atoms. The fourth-order valence-electron chi connectivity index (χ4n) is 1.02. The number of ketones is 1. The number of carbonyl (C=O) groups is 1. The van der Waals surface area contributed by atoms with Crippen LogP contribution >= 0.6 is 0 Å². The molecule has 0 aliphatic carbocycles. The third kappa shape index (κ3) is 2.46. The molecule has 1 N–H and O–H groups in total. The molecule has 0 amide bonds. The van der Waals surface area contributed by atoms with E-state index in [1.165, 1.54) is 13.0 Å². The minimum atomic E-state index is -0.232. The van der Waals surface area contributed by atoms with Crippen LogP contribution in [0.25, 0.3) is 5.76 Å². The third-order valence-electron chi connectivity index (χ3n) is 1.63. The zero-order valence-corrected chi connectivity index (χ0v) is 7.69. The molecule has 0 heterocycles. The van der Waals surface area contributed by atoms with Crippen molar-refractivity contribution in [2.45, 2.75) is 6.92 Å². The number of hydrogen-bond donors (Lipinski definition) is 1. The Morgan fingerprint density at radius 2 is 2.29 bits per heavy atom. The largest absolute Gasteiger partial charge is 0.507 e. The Bertz CT molecular complexity index is 427. The molecule has 0 aliphatic rings. The summed E-state index contributed by atoms with van der Waals surface area (Å²) >= 11 is 0. The lowest BCUT2D eigenvalue weighted by Crippen LogP contribution is -1.89. The van der Waals surface area contributed by atoms with E-state index in [-0.39, 0.29) is 11.5 Å². The Hall–Kier alpha value is -2.08. The molecule has 0 spiro atoms. The van der Waals surface area contributed by atoms with E-state index in [1.54, 1.807) is 18.2 Å². The standard InChI is InChI=1S/C11H9NO2/c1-8(13)5-11(14)10-4-2-3-9(6-10)7-12/h2-6,14H,1H3. The summed E-state index contributed by atoms with van der Waals surface area (Å²) in [5, 5.41) is 18.0. The van der Waals surface area contributed by atoms with Gasteiger partial charge in [-0.1, -0.05) is 12.1 Å². The van der Waals surface area contributed by atoms with Crippen LogP contribution in [-0.4, -0.2) is 10.9 Å². The summed E-state index contributed by atoms with van der Waals surface area (Å²) in [6.45, 7) is 1.35. The van der Waals surface area contributed by atoms with Gasteiger partial charge in [0.1, 0.15) is 5.76 Å². The molecule has 1 aromatic carbocycles. The fourth-order valence-corrected chi connectivity index (χ4v) is 1.02. The van der Waals surface area contributed by atoms with Gasteiger partial charge in [-0.25, -0.2) is 0 Å². The number of aliphatic hydroxyl groups is 1. The molecule has 0 atom stereocenters. The molecule has 0 saturated heterocycles. The Kier molecular flexibility index (Phi) is 3.03. The predicted octanol–water partition coefficient (Wildman–Crippen LogP) is 2.05. The maximum Gasteiger partial charge on any atom is 0.156 e. The highest BCUT2D eigenvalue weighted by Crippen LogP contribution is 2.12. The van der Waals surface area contributed by atoms with Crippen LogP contribution in [0.5, 0.6) is 0 Å². The number of allylic oxidation sites excluding steroid dienone is 1. The van der Waals surface area contributed by atoms with Gasteiger partial charge >= 0.3 is 0 Å². The van der Waals surface area contributed by atoms with Gasteiger partial charge in [0.15, 0.2) is 5.78 Å². The Morgan fingerprint density at radius 3 is 2.86 bits per heavy atom. The van der Waals surface area contributed by atoms with E-state index in [1.807, 2.05) is 6.07 Å². The molecule has 0 radical (unpaired) electrons. The van der Waals surface area contributed by atoms with Gasteiger partial charge in [0.05, 0.1) is 11.6 Å². The van der Waals surface area contributed by atoms with Crippen LogP contribution in [0.1, 0.15) is 18.1 Å². The van der Waals surface area contributed by atoms with Gasteiger partial charge < -0.3 is 5.11 Å². The first-order chi connectivity index (χ1) is 6.63. The van der Waals surface area contributed by atoms with E-state index in [4.69, 9.17) is 5.26 Å². The zero-order chi connectivity index (χ0) is 10.6. The molecular formula is C11H9NO2. The van der Waals surface area contributed by atoms with Gasteiger partial charge in [0, 0.05) is 11.6 Å². The molecule has 0 bridgehead atoms. The first-order valence-corrected chi connectivity index (χ1v) is 4.05. The molecule has 1 rings (SSSR count). The number of rotatable bonds is 2.